The van der Waals surface area contributed by atoms with Crippen molar-refractivity contribution in [3.63, 3.8) is 0 Å². The number of nitrogens with two attached hydrogens (primary N) is 1. The molecule has 102 valence electrons. The molecular formula is C17H13N3S. The molecule has 0 aliphatic carbocycles. The van der Waals surface area contributed by atoms with E-state index >= 15 is 0 Å². The van der Waals surface area contributed by atoms with Crippen LogP contribution in [0.3, 0.4) is 0 Å². The van der Waals surface area contributed by atoms with Crippen LogP contribution in [0.2, 0.25) is 0 Å². The van der Waals surface area contributed by atoms with Crippen molar-refractivity contribution >= 4 is 29.0 Å². The summed E-state index contributed by atoms with van der Waals surface area (Å²) < 4.78 is 0. The van der Waals surface area contributed by atoms with Crippen molar-refractivity contribution < 1.29 is 0 Å². The second kappa shape index (κ2) is 4.55. The van der Waals surface area contributed by atoms with E-state index in [0.29, 0.717) is 5.84 Å². The van der Waals surface area contributed by atoms with E-state index in [1.54, 1.807) is 11.8 Å². The van der Waals surface area contributed by atoms with Gasteiger partial charge in [-0.05, 0) is 12.1 Å². The van der Waals surface area contributed by atoms with Crippen molar-refractivity contribution in [2.75, 3.05) is 11.9 Å². The van der Waals surface area contributed by atoms with Gasteiger partial charge in [-0.3, -0.25) is 0 Å². The zero-order valence-electron chi connectivity index (χ0n) is 11.5. The summed E-state index contributed by atoms with van der Waals surface area (Å²) in [5.41, 5.74) is 13.5. The van der Waals surface area contributed by atoms with E-state index in [4.69, 9.17) is 5.73 Å². The zero-order chi connectivity index (χ0) is 14.4. The summed E-state index contributed by atoms with van der Waals surface area (Å²) in [5.74, 6) is 0.567. The Hall–Kier alpha value is -2.42. The molecule has 2 aromatic carbocycles. The van der Waals surface area contributed by atoms with Crippen LogP contribution in [0.4, 0.5) is 5.69 Å². The summed E-state index contributed by atoms with van der Waals surface area (Å²) in [6.07, 6.45) is 0. The Bertz CT molecular complexity index is 845. The number of rotatable bonds is 0. The van der Waals surface area contributed by atoms with E-state index < -0.39 is 0 Å². The number of para-hydroxylation sites is 1. The Morgan fingerprint density at radius 3 is 2.57 bits per heavy atom. The normalized spacial score (nSPS) is 15.7. The van der Waals surface area contributed by atoms with Crippen LogP contribution in [0, 0.1) is 0 Å². The second-order valence-corrected chi connectivity index (χ2v) is 5.98. The van der Waals surface area contributed by atoms with E-state index in [1.807, 2.05) is 30.3 Å². The minimum Gasteiger partial charge on any atom is -0.383 e. The zero-order valence-corrected chi connectivity index (χ0v) is 12.3. The Kier molecular flexibility index (Phi) is 2.67. The highest BCUT2D eigenvalue weighted by Crippen LogP contribution is 2.44. The number of amidine groups is 1. The molecule has 2 N–H and O–H groups in total. The summed E-state index contributed by atoms with van der Waals surface area (Å²) >= 11 is 1.71. The van der Waals surface area contributed by atoms with Gasteiger partial charge in [0.2, 0.25) is 0 Å². The molecule has 2 heterocycles. The van der Waals surface area contributed by atoms with Gasteiger partial charge < -0.3 is 10.6 Å². The molecule has 0 unspecified atom stereocenters. The third-order valence-corrected chi connectivity index (χ3v) is 4.79. The van der Waals surface area contributed by atoms with Crippen LogP contribution in [-0.4, -0.2) is 12.9 Å². The topological polar surface area (TPSA) is 41.6 Å². The molecule has 0 saturated heterocycles. The van der Waals surface area contributed by atoms with Gasteiger partial charge >= 0.3 is 0 Å². The van der Waals surface area contributed by atoms with Crippen LogP contribution < -0.4 is 10.6 Å². The summed E-state index contributed by atoms with van der Waals surface area (Å²) in [5, 5.41) is 1.04. The highest BCUT2D eigenvalue weighted by Gasteiger charge is 2.23. The number of thioether (sulfide) groups is 1. The highest BCUT2D eigenvalue weighted by atomic mass is 32.2. The first-order valence-electron chi connectivity index (χ1n) is 6.69. The number of hydrogen-bond acceptors (Lipinski definition) is 4. The number of benzene rings is 2. The molecule has 0 spiro atoms. The van der Waals surface area contributed by atoms with Crippen molar-refractivity contribution in [3.05, 3.63) is 70.4 Å². The summed E-state index contributed by atoms with van der Waals surface area (Å²) in [7, 11) is 2.05. The van der Waals surface area contributed by atoms with Crippen molar-refractivity contribution in [2.24, 2.45) is 10.7 Å². The fourth-order valence-corrected chi connectivity index (χ4v) is 3.61. The van der Waals surface area contributed by atoms with Crippen LogP contribution in [0.25, 0.3) is 5.70 Å². The number of nitrogens with zero attached hydrogens (tertiary/aromatic N) is 2. The van der Waals surface area contributed by atoms with E-state index in [0.717, 1.165) is 21.9 Å². The van der Waals surface area contributed by atoms with Gasteiger partial charge in [0.25, 0.3) is 0 Å². The first-order valence-corrected chi connectivity index (χ1v) is 7.51. The molecule has 0 saturated carbocycles. The molecule has 0 aromatic heterocycles. The summed E-state index contributed by atoms with van der Waals surface area (Å²) in [4.78, 5) is 7.84. The molecule has 3 nitrogen and oxygen atoms in total. The molecule has 4 rings (SSSR count). The molecule has 2 aromatic rings. The maximum absolute atomic E-state index is 5.99. The van der Waals surface area contributed by atoms with Crippen LogP contribution >= 0.6 is 11.8 Å². The maximum Gasteiger partial charge on any atom is 0.132 e. The molecule has 0 fully saturated rings. The van der Waals surface area contributed by atoms with Crippen molar-refractivity contribution in [1.82, 2.24) is 0 Å². The Morgan fingerprint density at radius 1 is 1.05 bits per heavy atom. The lowest BCUT2D eigenvalue weighted by Crippen LogP contribution is -2.09. The van der Waals surface area contributed by atoms with Gasteiger partial charge in [-0.15, -0.1) is 0 Å². The second-order valence-electron chi connectivity index (χ2n) is 4.95. The van der Waals surface area contributed by atoms with Crippen molar-refractivity contribution in [2.45, 2.75) is 4.90 Å². The Morgan fingerprint density at radius 2 is 1.76 bits per heavy atom. The molecule has 2 aliphatic rings. The van der Waals surface area contributed by atoms with Gasteiger partial charge in [0.15, 0.2) is 0 Å². The van der Waals surface area contributed by atoms with E-state index in [1.165, 1.54) is 10.6 Å². The molecule has 0 bridgehead atoms. The quantitative estimate of drug-likeness (QED) is 0.756. The molecule has 4 heteroatoms. The van der Waals surface area contributed by atoms with Gasteiger partial charge in [-0.25, -0.2) is 4.99 Å². The Balaban J connectivity index is 1.87. The Labute approximate surface area is 127 Å². The third-order valence-electron chi connectivity index (χ3n) is 3.65. The predicted molar refractivity (Wildman–Crippen MR) is 88.3 cm³/mol. The van der Waals surface area contributed by atoms with Crippen molar-refractivity contribution in [3.8, 4) is 0 Å². The van der Waals surface area contributed by atoms with Crippen molar-refractivity contribution in [1.29, 1.82) is 0 Å². The minimum atomic E-state index is 0.567. The van der Waals surface area contributed by atoms with Gasteiger partial charge in [-0.2, -0.15) is 0 Å². The SMILES string of the molecule is CN1C(=C=C2N=C(N)c3ccccc32)Sc2ccccc21. The molecular weight excluding hydrogens is 278 g/mol. The monoisotopic (exact) mass is 291 g/mol. The first kappa shape index (κ1) is 12.3. The van der Waals surface area contributed by atoms with Gasteiger partial charge in [0.05, 0.1) is 5.69 Å². The van der Waals surface area contributed by atoms with Crippen LogP contribution in [0.15, 0.2) is 69.2 Å². The number of hydrogen-bond donors (Lipinski definition) is 1. The van der Waals surface area contributed by atoms with Gasteiger partial charge in [0.1, 0.15) is 16.6 Å². The predicted octanol–water partition coefficient (Wildman–Crippen LogP) is 3.43. The fourth-order valence-electron chi connectivity index (χ4n) is 2.56. The fraction of sp³-hybridized carbons (Fsp3) is 0.0588. The standard InChI is InChI=1S/C17H13N3S/c1-20-14-8-4-5-9-15(14)21-16(20)10-13-11-6-2-3-7-12(11)17(18)19-13/h2-9H,1H3,(H2,18,19). The smallest absolute Gasteiger partial charge is 0.132 e. The lowest BCUT2D eigenvalue weighted by molar-refractivity contribution is 1.18. The highest BCUT2D eigenvalue weighted by molar-refractivity contribution is 8.03. The average Bonchev–Trinajstić information content (AvgIpc) is 2.99. The minimum absolute atomic E-state index is 0.567. The molecule has 21 heavy (non-hydrogen) atoms. The number of anilines is 1. The van der Waals surface area contributed by atoms with Gasteiger partial charge in [-0.1, -0.05) is 53.9 Å². The third kappa shape index (κ3) is 1.88. The number of aliphatic imine (C=N–C) groups is 1. The van der Waals surface area contributed by atoms with Crippen LogP contribution in [0.1, 0.15) is 11.1 Å². The molecule has 2 aliphatic heterocycles. The van der Waals surface area contributed by atoms with E-state index in [2.05, 4.69) is 40.9 Å². The van der Waals surface area contributed by atoms with Crippen LogP contribution in [-0.2, 0) is 0 Å². The summed E-state index contributed by atoms with van der Waals surface area (Å²) in [6, 6.07) is 16.3. The molecule has 0 radical (unpaired) electrons. The lowest BCUT2D eigenvalue weighted by atomic mass is 10.1. The van der Waals surface area contributed by atoms with E-state index in [9.17, 15) is 0 Å². The lowest BCUT2D eigenvalue weighted by Gasteiger charge is -2.11. The first-order chi connectivity index (χ1) is 10.2. The van der Waals surface area contributed by atoms with E-state index in [-0.39, 0.29) is 0 Å². The largest absolute Gasteiger partial charge is 0.383 e. The number of fused-ring (bicyclic) bond motifs is 2. The molecule has 0 atom stereocenters. The summed E-state index contributed by atoms with van der Waals surface area (Å²) in [6.45, 7) is 0. The van der Waals surface area contributed by atoms with Crippen LogP contribution in [0.5, 0.6) is 0 Å². The average molecular weight is 291 g/mol. The molecule has 0 amide bonds. The maximum atomic E-state index is 5.99. The van der Waals surface area contributed by atoms with Gasteiger partial charge in [0, 0.05) is 23.1 Å².